The second-order valence-electron chi connectivity index (χ2n) is 4.20. The summed E-state index contributed by atoms with van der Waals surface area (Å²) in [6.45, 7) is 4.66. The summed E-state index contributed by atoms with van der Waals surface area (Å²) in [7, 11) is 0. The van der Waals surface area contributed by atoms with Gasteiger partial charge in [0.15, 0.2) is 5.78 Å². The number of carbonyl (C=O) groups is 1. The van der Waals surface area contributed by atoms with E-state index >= 15 is 0 Å². The molecule has 2 heterocycles. The first-order valence-corrected chi connectivity index (χ1v) is 5.66. The molecule has 2 rings (SSSR count). The lowest BCUT2D eigenvalue weighted by Gasteiger charge is -2.02. The van der Waals surface area contributed by atoms with Gasteiger partial charge in [-0.2, -0.15) is 0 Å². The molecule has 0 bridgehead atoms. The van der Waals surface area contributed by atoms with E-state index in [1.807, 2.05) is 0 Å². The molecule has 2 aromatic rings. The number of Topliss-reactive ketones (excluding diaryl/α,β-unsaturated/α-hetero) is 1. The maximum atomic E-state index is 12.0. The fraction of sp³-hybridized carbons (Fsp3) is 0.333. The zero-order chi connectivity index (χ0) is 14.2. The molecular weight excluding hydrogens is 250 g/mol. The number of ketones is 1. The highest BCUT2D eigenvalue weighted by atomic mass is 16.4. The number of nitrogens with one attached hydrogen (secondary N) is 1. The van der Waals surface area contributed by atoms with Crippen LogP contribution in [0.5, 0.6) is 0 Å². The predicted molar refractivity (Wildman–Crippen MR) is 66.4 cm³/mol. The smallest absolute Gasteiger partial charge is 0.328 e. The van der Waals surface area contributed by atoms with E-state index in [-0.39, 0.29) is 18.0 Å². The van der Waals surface area contributed by atoms with Crippen molar-refractivity contribution < 1.29 is 9.21 Å². The van der Waals surface area contributed by atoms with E-state index in [0.29, 0.717) is 11.5 Å². The van der Waals surface area contributed by atoms with E-state index in [1.165, 1.54) is 6.92 Å². The Bertz CT molecular complexity index is 732. The predicted octanol–water partition coefficient (Wildman–Crippen LogP) is 0.392. The first-order valence-electron chi connectivity index (χ1n) is 5.66. The van der Waals surface area contributed by atoms with Gasteiger partial charge in [0, 0.05) is 6.20 Å². The Hall–Kier alpha value is -2.44. The van der Waals surface area contributed by atoms with E-state index < -0.39 is 17.0 Å². The molecule has 0 saturated heterocycles. The average Bonchev–Trinajstić information content (AvgIpc) is 2.63. The summed E-state index contributed by atoms with van der Waals surface area (Å²) in [5.41, 5.74) is -0.630. The molecule has 0 aromatic carbocycles. The number of aromatic nitrogens is 3. The number of aryl methyl sites for hydroxylation is 2. The normalized spacial score (nSPS) is 10.7. The molecule has 0 fully saturated rings. The zero-order valence-electron chi connectivity index (χ0n) is 10.8. The highest BCUT2D eigenvalue weighted by Gasteiger charge is 2.14. The number of hydrogen-bond donors (Lipinski definition) is 1. The van der Waals surface area contributed by atoms with Crippen LogP contribution in [0.2, 0.25) is 0 Å². The van der Waals surface area contributed by atoms with Crippen LogP contribution in [0.15, 0.2) is 20.2 Å². The molecule has 7 nitrogen and oxygen atoms in total. The Labute approximate surface area is 107 Å². The van der Waals surface area contributed by atoms with Gasteiger partial charge in [-0.1, -0.05) is 0 Å². The number of hydrogen-bond acceptors (Lipinski definition) is 5. The molecule has 0 aliphatic rings. The standard InChI is InChI=1S/C12H13N3O4/c1-6-8(3)19-10(14-6)5-15-11(17)9(7(2)16)4-13-12(15)18/h4H,5H2,1-3H3,(H,13,18). The first-order chi connectivity index (χ1) is 8.90. The van der Waals surface area contributed by atoms with E-state index in [9.17, 15) is 14.4 Å². The molecule has 0 unspecified atom stereocenters. The summed E-state index contributed by atoms with van der Waals surface area (Å²) in [6.07, 6.45) is 1.12. The SMILES string of the molecule is CC(=O)c1c[nH]c(=O)n(Cc2nc(C)c(C)o2)c1=O. The van der Waals surface area contributed by atoms with Gasteiger partial charge in [0.1, 0.15) is 12.3 Å². The van der Waals surface area contributed by atoms with Crippen molar-refractivity contribution >= 4 is 5.78 Å². The van der Waals surface area contributed by atoms with Gasteiger partial charge in [-0.25, -0.2) is 9.78 Å². The Morgan fingerprint density at radius 1 is 1.42 bits per heavy atom. The van der Waals surface area contributed by atoms with Crippen LogP contribution in [0.4, 0.5) is 0 Å². The number of oxazole rings is 1. The monoisotopic (exact) mass is 263 g/mol. The van der Waals surface area contributed by atoms with Gasteiger partial charge < -0.3 is 9.40 Å². The van der Waals surface area contributed by atoms with Crippen molar-refractivity contribution in [1.29, 1.82) is 0 Å². The third kappa shape index (κ3) is 2.40. The maximum absolute atomic E-state index is 12.0. The van der Waals surface area contributed by atoms with Crippen molar-refractivity contribution in [3.8, 4) is 0 Å². The summed E-state index contributed by atoms with van der Waals surface area (Å²) in [6, 6.07) is 0. The van der Waals surface area contributed by atoms with Crippen LogP contribution in [0.25, 0.3) is 0 Å². The molecule has 7 heteroatoms. The Morgan fingerprint density at radius 2 is 2.11 bits per heavy atom. The van der Waals surface area contributed by atoms with Crippen LogP contribution >= 0.6 is 0 Å². The number of nitrogens with zero attached hydrogens (tertiary/aromatic N) is 2. The minimum absolute atomic E-state index is 0.0698. The molecule has 0 amide bonds. The zero-order valence-corrected chi connectivity index (χ0v) is 10.8. The van der Waals surface area contributed by atoms with Crippen molar-refractivity contribution in [3.63, 3.8) is 0 Å². The minimum Gasteiger partial charge on any atom is -0.444 e. The Morgan fingerprint density at radius 3 is 2.63 bits per heavy atom. The van der Waals surface area contributed by atoms with Gasteiger partial charge in [-0.3, -0.25) is 14.2 Å². The van der Waals surface area contributed by atoms with Gasteiger partial charge >= 0.3 is 5.69 Å². The third-order valence-corrected chi connectivity index (χ3v) is 2.81. The molecule has 0 spiro atoms. The molecule has 0 radical (unpaired) electrons. The second-order valence-corrected chi connectivity index (χ2v) is 4.20. The van der Waals surface area contributed by atoms with Crippen molar-refractivity contribution in [3.05, 3.63) is 49.9 Å². The molecule has 0 saturated carbocycles. The topological polar surface area (TPSA) is 98.0 Å². The van der Waals surface area contributed by atoms with Crippen LogP contribution in [0.3, 0.4) is 0 Å². The lowest BCUT2D eigenvalue weighted by atomic mass is 10.2. The lowest BCUT2D eigenvalue weighted by Crippen LogP contribution is -2.38. The Balaban J connectivity index is 2.51. The third-order valence-electron chi connectivity index (χ3n) is 2.81. The second kappa shape index (κ2) is 4.68. The summed E-state index contributed by atoms with van der Waals surface area (Å²) in [5.74, 6) is 0.472. The van der Waals surface area contributed by atoms with Gasteiger partial charge in [-0.05, 0) is 20.8 Å². The van der Waals surface area contributed by atoms with Crippen LogP contribution < -0.4 is 11.2 Å². The molecule has 0 aliphatic heterocycles. The summed E-state index contributed by atoms with van der Waals surface area (Å²) < 4.78 is 6.21. The molecule has 19 heavy (non-hydrogen) atoms. The van der Waals surface area contributed by atoms with Crippen molar-refractivity contribution in [2.75, 3.05) is 0 Å². The maximum Gasteiger partial charge on any atom is 0.328 e. The molecule has 100 valence electrons. The average molecular weight is 263 g/mol. The van der Waals surface area contributed by atoms with E-state index in [0.717, 1.165) is 10.8 Å². The van der Waals surface area contributed by atoms with Crippen molar-refractivity contribution in [2.24, 2.45) is 0 Å². The summed E-state index contributed by atoms with van der Waals surface area (Å²) in [5, 5.41) is 0. The molecule has 0 aliphatic carbocycles. The molecule has 2 aromatic heterocycles. The van der Waals surface area contributed by atoms with Crippen LogP contribution in [-0.2, 0) is 6.54 Å². The first kappa shape index (κ1) is 13.0. The van der Waals surface area contributed by atoms with Crippen molar-refractivity contribution in [2.45, 2.75) is 27.3 Å². The van der Waals surface area contributed by atoms with Gasteiger partial charge in [-0.15, -0.1) is 0 Å². The number of carbonyl (C=O) groups excluding carboxylic acids is 1. The summed E-state index contributed by atoms with van der Waals surface area (Å²) >= 11 is 0. The fourth-order valence-corrected chi connectivity index (χ4v) is 1.65. The van der Waals surface area contributed by atoms with Gasteiger partial charge in [0.05, 0.1) is 11.3 Å². The van der Waals surface area contributed by atoms with Crippen LogP contribution in [0.1, 0.15) is 34.6 Å². The largest absolute Gasteiger partial charge is 0.444 e. The highest BCUT2D eigenvalue weighted by Crippen LogP contribution is 2.08. The highest BCUT2D eigenvalue weighted by molar-refractivity contribution is 5.93. The fourth-order valence-electron chi connectivity index (χ4n) is 1.65. The van der Waals surface area contributed by atoms with Gasteiger partial charge in [0.25, 0.3) is 5.56 Å². The number of aromatic amines is 1. The summed E-state index contributed by atoms with van der Waals surface area (Å²) in [4.78, 5) is 41.3. The quantitative estimate of drug-likeness (QED) is 0.808. The van der Waals surface area contributed by atoms with E-state index in [1.54, 1.807) is 13.8 Å². The van der Waals surface area contributed by atoms with E-state index in [2.05, 4.69) is 9.97 Å². The lowest BCUT2D eigenvalue weighted by molar-refractivity contribution is 0.101. The molecule has 0 atom stereocenters. The number of rotatable bonds is 3. The van der Waals surface area contributed by atoms with Crippen LogP contribution in [-0.4, -0.2) is 20.3 Å². The van der Waals surface area contributed by atoms with E-state index in [4.69, 9.17) is 4.42 Å². The Kier molecular flexibility index (Phi) is 3.20. The number of H-pyrrole nitrogens is 1. The molecular formula is C12H13N3O4. The van der Waals surface area contributed by atoms with Crippen LogP contribution in [0, 0.1) is 13.8 Å². The molecule has 1 N–H and O–H groups in total. The van der Waals surface area contributed by atoms with Crippen molar-refractivity contribution in [1.82, 2.24) is 14.5 Å². The minimum atomic E-state index is -0.648. The van der Waals surface area contributed by atoms with Gasteiger partial charge in [0.2, 0.25) is 5.89 Å².